The number of benzene rings is 1. The highest BCUT2D eigenvalue weighted by Gasteiger charge is 2.15. The van der Waals surface area contributed by atoms with Crippen LogP contribution in [0.3, 0.4) is 0 Å². The van der Waals surface area contributed by atoms with Crippen molar-refractivity contribution in [2.75, 3.05) is 19.6 Å². The lowest BCUT2D eigenvalue weighted by atomic mass is 9.89. The number of rotatable bonds is 6. The minimum atomic E-state index is 0.639. The molecule has 0 N–H and O–H groups in total. The third-order valence-electron chi connectivity index (χ3n) is 4.11. The lowest BCUT2D eigenvalue weighted by Gasteiger charge is -2.28. The fourth-order valence-electron chi connectivity index (χ4n) is 3.05. The molecule has 1 unspecified atom stereocenters. The second-order valence-electron chi connectivity index (χ2n) is 5.96. The van der Waals surface area contributed by atoms with Crippen LogP contribution in [-0.4, -0.2) is 24.5 Å². The maximum absolute atomic E-state index is 4.10. The SMILES string of the molecule is C=C(C)CC(CCN1CCCCC1)c1ccccc1. The number of allylic oxidation sites excluding steroid dienone is 1. The zero-order chi connectivity index (χ0) is 13.5. The van der Waals surface area contributed by atoms with Gasteiger partial charge < -0.3 is 4.90 Å². The quantitative estimate of drug-likeness (QED) is 0.673. The zero-order valence-corrected chi connectivity index (χ0v) is 12.3. The molecule has 1 saturated heterocycles. The lowest BCUT2D eigenvalue weighted by molar-refractivity contribution is 0.220. The van der Waals surface area contributed by atoms with Crippen molar-refractivity contribution in [3.8, 4) is 0 Å². The summed E-state index contributed by atoms with van der Waals surface area (Å²) in [6.07, 6.45) is 6.58. The second kappa shape index (κ2) is 7.49. The van der Waals surface area contributed by atoms with Gasteiger partial charge in [0, 0.05) is 0 Å². The molecular weight excluding hydrogens is 230 g/mol. The summed E-state index contributed by atoms with van der Waals surface area (Å²) >= 11 is 0. The van der Waals surface area contributed by atoms with Crippen LogP contribution in [0.2, 0.25) is 0 Å². The molecular formula is C18H27N. The molecule has 1 atom stereocenters. The van der Waals surface area contributed by atoms with Crippen LogP contribution in [-0.2, 0) is 0 Å². The zero-order valence-electron chi connectivity index (χ0n) is 12.3. The van der Waals surface area contributed by atoms with Crippen molar-refractivity contribution in [3.05, 3.63) is 48.0 Å². The van der Waals surface area contributed by atoms with Gasteiger partial charge in [-0.2, -0.15) is 0 Å². The van der Waals surface area contributed by atoms with E-state index in [-0.39, 0.29) is 0 Å². The first-order chi connectivity index (χ1) is 9.25. The van der Waals surface area contributed by atoms with Crippen molar-refractivity contribution in [1.29, 1.82) is 0 Å². The van der Waals surface area contributed by atoms with Crippen LogP contribution in [0.4, 0.5) is 0 Å². The summed E-state index contributed by atoms with van der Waals surface area (Å²) in [5.41, 5.74) is 2.77. The molecule has 2 rings (SSSR count). The molecule has 1 aromatic rings. The summed E-state index contributed by atoms with van der Waals surface area (Å²) < 4.78 is 0. The maximum atomic E-state index is 4.10. The van der Waals surface area contributed by atoms with Crippen molar-refractivity contribution in [2.45, 2.75) is 44.9 Å². The second-order valence-corrected chi connectivity index (χ2v) is 5.96. The van der Waals surface area contributed by atoms with Gasteiger partial charge in [0.05, 0.1) is 0 Å². The Kier molecular flexibility index (Phi) is 5.65. The fourth-order valence-corrected chi connectivity index (χ4v) is 3.05. The third kappa shape index (κ3) is 4.83. The molecule has 1 aliphatic rings. The highest BCUT2D eigenvalue weighted by molar-refractivity contribution is 5.21. The van der Waals surface area contributed by atoms with E-state index in [1.807, 2.05) is 0 Å². The van der Waals surface area contributed by atoms with Crippen LogP contribution in [0.5, 0.6) is 0 Å². The number of hydrogen-bond acceptors (Lipinski definition) is 1. The van der Waals surface area contributed by atoms with Crippen molar-refractivity contribution in [3.63, 3.8) is 0 Å². The Morgan fingerprint density at radius 1 is 1.16 bits per heavy atom. The van der Waals surface area contributed by atoms with E-state index in [0.717, 1.165) is 6.42 Å². The van der Waals surface area contributed by atoms with E-state index in [2.05, 4.69) is 48.7 Å². The van der Waals surface area contributed by atoms with Gasteiger partial charge >= 0.3 is 0 Å². The van der Waals surface area contributed by atoms with Crippen molar-refractivity contribution < 1.29 is 0 Å². The van der Waals surface area contributed by atoms with Gasteiger partial charge in [0.15, 0.2) is 0 Å². The minimum Gasteiger partial charge on any atom is -0.303 e. The summed E-state index contributed by atoms with van der Waals surface area (Å²) in [7, 11) is 0. The van der Waals surface area contributed by atoms with Crippen molar-refractivity contribution in [1.82, 2.24) is 4.90 Å². The number of piperidine rings is 1. The van der Waals surface area contributed by atoms with E-state index in [1.165, 1.54) is 56.5 Å². The van der Waals surface area contributed by atoms with Gasteiger partial charge in [-0.25, -0.2) is 0 Å². The molecule has 0 spiro atoms. The Labute approximate surface area is 118 Å². The molecule has 0 bridgehead atoms. The first-order valence-corrected chi connectivity index (χ1v) is 7.67. The molecule has 0 aliphatic carbocycles. The average molecular weight is 257 g/mol. The van der Waals surface area contributed by atoms with Gasteiger partial charge in [0.2, 0.25) is 0 Å². The molecule has 0 radical (unpaired) electrons. The van der Waals surface area contributed by atoms with E-state index in [0.29, 0.717) is 5.92 Å². The van der Waals surface area contributed by atoms with Gasteiger partial charge in [-0.1, -0.05) is 42.3 Å². The van der Waals surface area contributed by atoms with E-state index in [4.69, 9.17) is 0 Å². The predicted octanol–water partition coefficient (Wildman–Crippen LogP) is 4.61. The largest absolute Gasteiger partial charge is 0.303 e. The molecule has 0 saturated carbocycles. The molecule has 104 valence electrons. The molecule has 0 amide bonds. The van der Waals surface area contributed by atoms with E-state index in [9.17, 15) is 0 Å². The van der Waals surface area contributed by atoms with Gasteiger partial charge in [-0.3, -0.25) is 0 Å². The van der Waals surface area contributed by atoms with Gasteiger partial charge in [-0.05, 0) is 63.7 Å². The Hall–Kier alpha value is -1.08. The molecule has 19 heavy (non-hydrogen) atoms. The van der Waals surface area contributed by atoms with Crippen LogP contribution in [0.25, 0.3) is 0 Å². The Balaban J connectivity index is 1.92. The van der Waals surface area contributed by atoms with E-state index < -0.39 is 0 Å². The Morgan fingerprint density at radius 3 is 2.47 bits per heavy atom. The summed E-state index contributed by atoms with van der Waals surface area (Å²) in [6.45, 7) is 10.1. The monoisotopic (exact) mass is 257 g/mol. The van der Waals surface area contributed by atoms with Gasteiger partial charge in [0.25, 0.3) is 0 Å². The lowest BCUT2D eigenvalue weighted by Crippen LogP contribution is -2.31. The molecule has 1 aliphatic heterocycles. The average Bonchev–Trinajstić information content (AvgIpc) is 2.45. The van der Waals surface area contributed by atoms with Gasteiger partial charge in [-0.15, -0.1) is 6.58 Å². The topological polar surface area (TPSA) is 3.24 Å². The highest BCUT2D eigenvalue weighted by Crippen LogP contribution is 2.27. The minimum absolute atomic E-state index is 0.639. The summed E-state index contributed by atoms with van der Waals surface area (Å²) in [4.78, 5) is 2.64. The van der Waals surface area contributed by atoms with Crippen LogP contribution in [0, 0.1) is 0 Å². The normalized spacial score (nSPS) is 18.2. The molecule has 1 heteroatoms. The first kappa shape index (κ1) is 14.3. The summed E-state index contributed by atoms with van der Waals surface area (Å²) in [5, 5.41) is 0. The Bertz CT molecular complexity index is 376. The highest BCUT2D eigenvalue weighted by atomic mass is 15.1. The number of likely N-dealkylation sites (tertiary alicyclic amines) is 1. The van der Waals surface area contributed by atoms with Crippen LogP contribution in [0.1, 0.15) is 50.5 Å². The molecule has 1 nitrogen and oxygen atoms in total. The summed E-state index contributed by atoms with van der Waals surface area (Å²) in [5.74, 6) is 0.639. The fraction of sp³-hybridized carbons (Fsp3) is 0.556. The third-order valence-corrected chi connectivity index (χ3v) is 4.11. The Morgan fingerprint density at radius 2 is 1.84 bits per heavy atom. The van der Waals surface area contributed by atoms with E-state index >= 15 is 0 Å². The van der Waals surface area contributed by atoms with Crippen LogP contribution in [0.15, 0.2) is 42.5 Å². The number of nitrogens with zero attached hydrogens (tertiary/aromatic N) is 1. The van der Waals surface area contributed by atoms with E-state index in [1.54, 1.807) is 0 Å². The maximum Gasteiger partial charge on any atom is -0.00128 e. The van der Waals surface area contributed by atoms with Crippen LogP contribution < -0.4 is 0 Å². The standard InChI is InChI=1S/C18H27N/c1-16(2)15-18(17-9-5-3-6-10-17)11-14-19-12-7-4-8-13-19/h3,5-6,9-10,18H,1,4,7-8,11-15H2,2H3. The molecule has 1 aromatic carbocycles. The van der Waals surface area contributed by atoms with Crippen molar-refractivity contribution in [2.24, 2.45) is 0 Å². The smallest absolute Gasteiger partial charge is 0.00128 e. The molecule has 1 heterocycles. The summed E-state index contributed by atoms with van der Waals surface area (Å²) in [6, 6.07) is 10.9. The molecule has 1 fully saturated rings. The predicted molar refractivity (Wildman–Crippen MR) is 83.5 cm³/mol. The van der Waals surface area contributed by atoms with Crippen molar-refractivity contribution >= 4 is 0 Å². The number of hydrogen-bond donors (Lipinski definition) is 0. The van der Waals surface area contributed by atoms with Crippen LogP contribution >= 0.6 is 0 Å². The first-order valence-electron chi connectivity index (χ1n) is 7.67. The van der Waals surface area contributed by atoms with Gasteiger partial charge in [0.1, 0.15) is 0 Å². The molecule has 0 aromatic heterocycles.